The number of carbonyl (C=O) groups is 1. The molecular formula is C16H32N2O2. The van der Waals surface area contributed by atoms with Gasteiger partial charge in [-0.25, -0.2) is 0 Å². The Morgan fingerprint density at radius 2 is 2.15 bits per heavy atom. The van der Waals surface area contributed by atoms with Crippen LogP contribution in [0.1, 0.15) is 59.3 Å². The molecule has 0 aliphatic heterocycles. The molecule has 0 aromatic rings. The van der Waals surface area contributed by atoms with Gasteiger partial charge < -0.3 is 15.0 Å². The van der Waals surface area contributed by atoms with Gasteiger partial charge in [0.05, 0.1) is 7.11 Å². The van der Waals surface area contributed by atoms with Gasteiger partial charge in [0.2, 0.25) is 0 Å². The van der Waals surface area contributed by atoms with Crippen molar-refractivity contribution in [3.05, 3.63) is 0 Å². The SMILES string of the molecule is CCCNC1(C(=O)OC)CCC(N(C)C(C)CCC)C1. The average Bonchev–Trinajstić information content (AvgIpc) is 2.89. The molecule has 1 rings (SSSR count). The van der Waals surface area contributed by atoms with E-state index in [1.54, 1.807) is 0 Å². The van der Waals surface area contributed by atoms with E-state index in [2.05, 4.69) is 38.0 Å². The van der Waals surface area contributed by atoms with E-state index in [1.165, 1.54) is 20.0 Å². The van der Waals surface area contributed by atoms with E-state index in [4.69, 9.17) is 4.74 Å². The molecule has 0 aromatic carbocycles. The predicted molar refractivity (Wildman–Crippen MR) is 82.8 cm³/mol. The highest BCUT2D eigenvalue weighted by molar-refractivity contribution is 5.81. The molecule has 0 spiro atoms. The number of hydrogen-bond donors (Lipinski definition) is 1. The number of carbonyl (C=O) groups excluding carboxylic acids is 1. The van der Waals surface area contributed by atoms with Gasteiger partial charge in [0, 0.05) is 12.1 Å². The fourth-order valence-corrected chi connectivity index (χ4v) is 3.33. The molecule has 4 heteroatoms. The van der Waals surface area contributed by atoms with Crippen LogP contribution in [0.5, 0.6) is 0 Å². The molecule has 1 fully saturated rings. The van der Waals surface area contributed by atoms with Crippen molar-refractivity contribution in [2.75, 3.05) is 20.7 Å². The second-order valence-corrected chi connectivity index (χ2v) is 6.20. The lowest BCUT2D eigenvalue weighted by atomic mass is 9.96. The third-order valence-electron chi connectivity index (χ3n) is 4.76. The Morgan fingerprint density at radius 3 is 2.70 bits per heavy atom. The summed E-state index contributed by atoms with van der Waals surface area (Å²) >= 11 is 0. The number of methoxy groups -OCH3 is 1. The smallest absolute Gasteiger partial charge is 0.326 e. The van der Waals surface area contributed by atoms with E-state index >= 15 is 0 Å². The van der Waals surface area contributed by atoms with E-state index in [0.29, 0.717) is 12.1 Å². The molecule has 1 N–H and O–H groups in total. The van der Waals surface area contributed by atoms with Crippen molar-refractivity contribution in [3.63, 3.8) is 0 Å². The first-order valence-electron chi connectivity index (χ1n) is 8.06. The van der Waals surface area contributed by atoms with Crippen LogP contribution in [0.3, 0.4) is 0 Å². The summed E-state index contributed by atoms with van der Waals surface area (Å²) < 4.78 is 5.05. The van der Waals surface area contributed by atoms with Crippen LogP contribution in [0.15, 0.2) is 0 Å². The molecular weight excluding hydrogens is 252 g/mol. The lowest BCUT2D eigenvalue weighted by Gasteiger charge is -2.33. The fraction of sp³-hybridized carbons (Fsp3) is 0.938. The molecule has 1 aliphatic carbocycles. The van der Waals surface area contributed by atoms with Crippen LogP contribution >= 0.6 is 0 Å². The fourth-order valence-electron chi connectivity index (χ4n) is 3.33. The molecule has 118 valence electrons. The highest BCUT2D eigenvalue weighted by Gasteiger charge is 2.47. The van der Waals surface area contributed by atoms with Gasteiger partial charge in [0.1, 0.15) is 5.54 Å². The van der Waals surface area contributed by atoms with Crippen molar-refractivity contribution in [3.8, 4) is 0 Å². The molecule has 0 aromatic heterocycles. The van der Waals surface area contributed by atoms with Gasteiger partial charge in [-0.3, -0.25) is 4.79 Å². The van der Waals surface area contributed by atoms with Gasteiger partial charge in [-0.2, -0.15) is 0 Å². The summed E-state index contributed by atoms with van der Waals surface area (Å²) in [5, 5.41) is 3.45. The minimum atomic E-state index is -0.463. The Labute approximate surface area is 124 Å². The topological polar surface area (TPSA) is 41.6 Å². The van der Waals surface area contributed by atoms with E-state index < -0.39 is 5.54 Å². The summed E-state index contributed by atoms with van der Waals surface area (Å²) in [5.41, 5.74) is -0.463. The molecule has 20 heavy (non-hydrogen) atoms. The Bertz CT molecular complexity index is 309. The van der Waals surface area contributed by atoms with Crippen LogP contribution in [0.25, 0.3) is 0 Å². The van der Waals surface area contributed by atoms with Gasteiger partial charge in [-0.15, -0.1) is 0 Å². The Hall–Kier alpha value is -0.610. The molecule has 3 unspecified atom stereocenters. The largest absolute Gasteiger partial charge is 0.468 e. The highest BCUT2D eigenvalue weighted by atomic mass is 16.5. The quantitative estimate of drug-likeness (QED) is 0.696. The van der Waals surface area contributed by atoms with E-state index in [9.17, 15) is 4.79 Å². The Morgan fingerprint density at radius 1 is 1.45 bits per heavy atom. The van der Waals surface area contributed by atoms with Crippen molar-refractivity contribution < 1.29 is 9.53 Å². The van der Waals surface area contributed by atoms with Crippen LogP contribution in [0.2, 0.25) is 0 Å². The van der Waals surface area contributed by atoms with E-state index in [-0.39, 0.29) is 5.97 Å². The third-order valence-corrected chi connectivity index (χ3v) is 4.76. The summed E-state index contributed by atoms with van der Waals surface area (Å²) in [6.45, 7) is 7.50. The molecule has 1 aliphatic rings. The normalized spacial score (nSPS) is 27.8. The van der Waals surface area contributed by atoms with Gasteiger partial charge >= 0.3 is 5.97 Å². The van der Waals surface area contributed by atoms with Gasteiger partial charge in [0.25, 0.3) is 0 Å². The van der Waals surface area contributed by atoms with Crippen LogP contribution in [-0.2, 0) is 9.53 Å². The van der Waals surface area contributed by atoms with E-state index in [0.717, 1.165) is 32.2 Å². The lowest BCUT2D eigenvalue weighted by molar-refractivity contribution is -0.148. The number of esters is 1. The zero-order chi connectivity index (χ0) is 15.2. The first-order chi connectivity index (χ1) is 9.50. The number of nitrogens with zero attached hydrogens (tertiary/aromatic N) is 1. The van der Waals surface area contributed by atoms with Gasteiger partial charge in [0.15, 0.2) is 0 Å². The van der Waals surface area contributed by atoms with Crippen LogP contribution in [-0.4, -0.2) is 49.2 Å². The number of hydrogen-bond acceptors (Lipinski definition) is 4. The van der Waals surface area contributed by atoms with E-state index in [1.807, 2.05) is 0 Å². The van der Waals surface area contributed by atoms with Crippen molar-refractivity contribution in [2.45, 2.75) is 76.9 Å². The second-order valence-electron chi connectivity index (χ2n) is 6.20. The first kappa shape index (κ1) is 17.4. The minimum absolute atomic E-state index is 0.0926. The Balaban J connectivity index is 2.71. The maximum absolute atomic E-state index is 12.2. The molecule has 0 amide bonds. The summed E-state index contributed by atoms with van der Waals surface area (Å²) in [6.07, 6.45) is 6.26. The van der Waals surface area contributed by atoms with Gasteiger partial charge in [-0.1, -0.05) is 20.3 Å². The minimum Gasteiger partial charge on any atom is -0.468 e. The molecule has 4 nitrogen and oxygen atoms in total. The summed E-state index contributed by atoms with van der Waals surface area (Å²) in [6, 6.07) is 1.05. The van der Waals surface area contributed by atoms with Crippen molar-refractivity contribution in [2.24, 2.45) is 0 Å². The standard InChI is InChI=1S/C16H32N2O2/c1-6-8-13(3)18(4)14-9-10-16(12-14,15(19)20-5)17-11-7-2/h13-14,17H,6-12H2,1-5H3. The zero-order valence-electron chi connectivity index (χ0n) is 13.9. The molecule has 1 saturated carbocycles. The molecule has 0 saturated heterocycles. The molecule has 0 radical (unpaired) electrons. The van der Waals surface area contributed by atoms with Crippen molar-refractivity contribution in [1.29, 1.82) is 0 Å². The van der Waals surface area contributed by atoms with Crippen LogP contribution in [0.4, 0.5) is 0 Å². The molecule has 3 atom stereocenters. The average molecular weight is 284 g/mol. The maximum Gasteiger partial charge on any atom is 0.326 e. The maximum atomic E-state index is 12.2. The Kier molecular flexibility index (Phi) is 6.96. The summed E-state index contributed by atoms with van der Waals surface area (Å²) in [4.78, 5) is 14.6. The second kappa shape index (κ2) is 7.99. The monoisotopic (exact) mass is 284 g/mol. The summed E-state index contributed by atoms with van der Waals surface area (Å²) in [5.74, 6) is -0.0926. The molecule has 0 heterocycles. The number of ether oxygens (including phenoxy) is 1. The molecule has 0 bridgehead atoms. The van der Waals surface area contributed by atoms with Crippen molar-refractivity contribution >= 4 is 5.97 Å². The van der Waals surface area contributed by atoms with Crippen LogP contribution in [0, 0.1) is 0 Å². The van der Waals surface area contributed by atoms with Crippen LogP contribution < -0.4 is 5.32 Å². The zero-order valence-corrected chi connectivity index (χ0v) is 13.9. The lowest BCUT2D eigenvalue weighted by Crippen LogP contribution is -2.52. The predicted octanol–water partition coefficient (Wildman–Crippen LogP) is 2.57. The number of nitrogens with one attached hydrogen (secondary N) is 1. The number of rotatable bonds is 8. The van der Waals surface area contributed by atoms with Crippen molar-refractivity contribution in [1.82, 2.24) is 10.2 Å². The highest BCUT2D eigenvalue weighted by Crippen LogP contribution is 2.34. The van der Waals surface area contributed by atoms with Gasteiger partial charge in [-0.05, 0) is 52.6 Å². The third kappa shape index (κ3) is 3.95. The first-order valence-corrected chi connectivity index (χ1v) is 8.06. The summed E-state index contributed by atoms with van der Waals surface area (Å²) in [7, 11) is 3.69.